The maximum absolute atomic E-state index is 10.3. The van der Waals surface area contributed by atoms with Gasteiger partial charge in [0.2, 0.25) is 0 Å². The lowest BCUT2D eigenvalue weighted by atomic mass is 10.1. The first-order valence-electron chi connectivity index (χ1n) is 5.89. The summed E-state index contributed by atoms with van der Waals surface area (Å²) < 4.78 is 0. The van der Waals surface area contributed by atoms with Gasteiger partial charge in [0.1, 0.15) is 18.3 Å². The molecule has 1 aromatic rings. The van der Waals surface area contributed by atoms with Crippen molar-refractivity contribution in [3.63, 3.8) is 0 Å². The Labute approximate surface area is 124 Å². The quantitative estimate of drug-likeness (QED) is 0.262. The fraction of sp³-hybridized carbons (Fsp3) is 0.417. The summed E-state index contributed by atoms with van der Waals surface area (Å²) in [5.74, 6) is -3.33. The average molecular weight is 322 g/mol. The molecule has 9 N–H and O–H groups in total. The van der Waals surface area contributed by atoms with Crippen molar-refractivity contribution in [1.82, 2.24) is 0 Å². The zero-order valence-electron chi connectivity index (χ0n) is 11.2. The number of carboxylic acids is 1. The number of phenols is 3. The lowest BCUT2D eigenvalue weighted by molar-refractivity contribution is -0.0900. The summed E-state index contributed by atoms with van der Waals surface area (Å²) in [4.78, 5) is 10.3. The van der Waals surface area contributed by atoms with E-state index in [1.807, 2.05) is 0 Å². The van der Waals surface area contributed by atoms with Gasteiger partial charge in [-0.1, -0.05) is 0 Å². The largest absolute Gasteiger partial charge is 0.504 e. The van der Waals surface area contributed by atoms with Gasteiger partial charge in [0.05, 0.1) is 18.8 Å². The van der Waals surface area contributed by atoms with Crippen LogP contribution in [0.4, 0.5) is 0 Å². The van der Waals surface area contributed by atoms with E-state index in [4.69, 9.17) is 46.0 Å². The first-order valence-corrected chi connectivity index (χ1v) is 5.89. The van der Waals surface area contributed by atoms with Crippen molar-refractivity contribution in [2.24, 2.45) is 0 Å². The predicted molar refractivity (Wildman–Crippen MR) is 70.6 cm³/mol. The molecule has 0 aromatic heterocycles. The van der Waals surface area contributed by atoms with Crippen molar-refractivity contribution in [3.05, 3.63) is 17.7 Å². The molecule has 0 aliphatic rings. The number of aromatic hydroxyl groups is 3. The SMILES string of the molecule is O=C(O)c1cc(O)c(O)c(O)c1.OCC(O)C(O)C(O)CO. The Bertz CT molecular complexity index is 456. The number of carboxylic acid groups (broad SMARTS) is 1. The third-order valence-electron chi connectivity index (χ3n) is 2.48. The highest BCUT2D eigenvalue weighted by molar-refractivity contribution is 5.89. The third-order valence-corrected chi connectivity index (χ3v) is 2.48. The van der Waals surface area contributed by atoms with E-state index < -0.39 is 54.7 Å². The summed E-state index contributed by atoms with van der Waals surface area (Å²) >= 11 is 0. The van der Waals surface area contributed by atoms with Crippen LogP contribution in [-0.2, 0) is 0 Å². The number of aliphatic hydroxyl groups is 5. The number of rotatable bonds is 5. The molecule has 0 amide bonds. The minimum absolute atomic E-state index is 0.289. The van der Waals surface area contributed by atoms with Crippen LogP contribution in [0.5, 0.6) is 17.2 Å². The van der Waals surface area contributed by atoms with Crippen LogP contribution in [0.1, 0.15) is 10.4 Å². The number of benzene rings is 1. The highest BCUT2D eigenvalue weighted by Gasteiger charge is 2.22. The molecule has 0 saturated heterocycles. The smallest absolute Gasteiger partial charge is 0.335 e. The van der Waals surface area contributed by atoms with Crippen molar-refractivity contribution in [3.8, 4) is 17.2 Å². The van der Waals surface area contributed by atoms with E-state index in [1.54, 1.807) is 0 Å². The van der Waals surface area contributed by atoms with Crippen LogP contribution in [0, 0.1) is 0 Å². The summed E-state index contributed by atoms with van der Waals surface area (Å²) in [5, 5.41) is 77.5. The van der Waals surface area contributed by atoms with Gasteiger partial charge in [0.15, 0.2) is 17.2 Å². The molecule has 10 heteroatoms. The fourth-order valence-corrected chi connectivity index (χ4v) is 1.20. The van der Waals surface area contributed by atoms with E-state index in [9.17, 15) is 4.79 Å². The highest BCUT2D eigenvalue weighted by Crippen LogP contribution is 2.35. The fourth-order valence-electron chi connectivity index (χ4n) is 1.20. The Balaban J connectivity index is 0.000000409. The van der Waals surface area contributed by atoms with Crippen molar-refractivity contribution in [2.45, 2.75) is 18.3 Å². The molecule has 0 radical (unpaired) electrons. The molecule has 0 heterocycles. The van der Waals surface area contributed by atoms with Gasteiger partial charge in [-0.05, 0) is 12.1 Å². The Morgan fingerprint density at radius 3 is 1.55 bits per heavy atom. The van der Waals surface area contributed by atoms with E-state index >= 15 is 0 Å². The molecule has 2 atom stereocenters. The molecule has 0 spiro atoms. The topological polar surface area (TPSA) is 199 Å². The van der Waals surface area contributed by atoms with Gasteiger partial charge in [-0.25, -0.2) is 4.79 Å². The molecule has 126 valence electrons. The van der Waals surface area contributed by atoms with Gasteiger partial charge in [-0.2, -0.15) is 0 Å². The lowest BCUT2D eigenvalue weighted by Gasteiger charge is -2.19. The van der Waals surface area contributed by atoms with Gasteiger partial charge >= 0.3 is 5.97 Å². The zero-order valence-corrected chi connectivity index (χ0v) is 11.2. The maximum atomic E-state index is 10.3. The second kappa shape index (κ2) is 9.02. The summed E-state index contributed by atoms with van der Waals surface area (Å²) in [7, 11) is 0. The van der Waals surface area contributed by atoms with Gasteiger partial charge in [0.25, 0.3) is 0 Å². The number of hydrogen-bond acceptors (Lipinski definition) is 9. The van der Waals surface area contributed by atoms with E-state index in [0.717, 1.165) is 12.1 Å². The summed E-state index contributed by atoms with van der Waals surface area (Å²) in [6.45, 7) is -1.28. The predicted octanol–water partition coefficient (Wildman–Crippen LogP) is -2.44. The number of aromatic carboxylic acids is 1. The molecule has 0 bridgehead atoms. The van der Waals surface area contributed by atoms with Gasteiger partial charge < -0.3 is 46.0 Å². The standard InChI is InChI=1S/C7H6O5.C5H12O5/c8-4-1-3(7(11)12)2-5(9)6(4)10;6-1-3(8)5(10)4(9)2-7/h1-2,8-10H,(H,11,12);3-10H,1-2H2. The minimum Gasteiger partial charge on any atom is -0.504 e. The first kappa shape index (κ1) is 19.9. The van der Waals surface area contributed by atoms with E-state index in [2.05, 4.69) is 0 Å². The molecule has 0 fully saturated rings. The second-order valence-corrected chi connectivity index (χ2v) is 4.16. The molecular weight excluding hydrogens is 304 g/mol. The molecule has 2 unspecified atom stereocenters. The molecule has 10 nitrogen and oxygen atoms in total. The van der Waals surface area contributed by atoms with Crippen LogP contribution in [-0.4, -0.2) is 83.5 Å². The maximum Gasteiger partial charge on any atom is 0.335 e. The van der Waals surface area contributed by atoms with Crippen molar-refractivity contribution in [1.29, 1.82) is 0 Å². The highest BCUT2D eigenvalue weighted by atomic mass is 16.4. The molecule has 0 aliphatic heterocycles. The third kappa shape index (κ3) is 5.71. The lowest BCUT2D eigenvalue weighted by Crippen LogP contribution is -2.41. The average Bonchev–Trinajstić information content (AvgIpc) is 2.50. The summed E-state index contributed by atoms with van der Waals surface area (Å²) in [6, 6.07) is 1.69. The van der Waals surface area contributed by atoms with Crippen molar-refractivity contribution < 1.29 is 50.8 Å². The molecule has 1 aromatic carbocycles. The van der Waals surface area contributed by atoms with Crippen LogP contribution >= 0.6 is 0 Å². The van der Waals surface area contributed by atoms with E-state index in [-0.39, 0.29) is 5.56 Å². The van der Waals surface area contributed by atoms with Crippen LogP contribution in [0.2, 0.25) is 0 Å². The van der Waals surface area contributed by atoms with Crippen molar-refractivity contribution in [2.75, 3.05) is 13.2 Å². The van der Waals surface area contributed by atoms with Gasteiger partial charge in [-0.15, -0.1) is 0 Å². The molecule has 0 aliphatic carbocycles. The Hall–Kier alpha value is -2.11. The summed E-state index contributed by atoms with van der Waals surface area (Å²) in [6.07, 6.45) is -4.29. The normalized spacial score (nSPS) is 14.4. The number of aliphatic hydroxyl groups excluding tert-OH is 5. The van der Waals surface area contributed by atoms with Crippen molar-refractivity contribution >= 4 is 5.97 Å². The van der Waals surface area contributed by atoms with Crippen LogP contribution in [0.25, 0.3) is 0 Å². The molecule has 22 heavy (non-hydrogen) atoms. The van der Waals surface area contributed by atoms with E-state index in [1.165, 1.54) is 0 Å². The van der Waals surface area contributed by atoms with E-state index in [0.29, 0.717) is 0 Å². The molecular formula is C12H18O10. The Morgan fingerprint density at radius 1 is 0.909 bits per heavy atom. The number of carbonyl (C=O) groups is 1. The van der Waals surface area contributed by atoms with Crippen LogP contribution in [0.3, 0.4) is 0 Å². The Morgan fingerprint density at radius 2 is 1.27 bits per heavy atom. The van der Waals surface area contributed by atoms with Gasteiger partial charge in [0, 0.05) is 0 Å². The van der Waals surface area contributed by atoms with Crippen LogP contribution < -0.4 is 0 Å². The molecule has 0 saturated carbocycles. The minimum atomic E-state index is -1.49. The Kier molecular flexibility index (Phi) is 8.15. The zero-order chi connectivity index (χ0) is 17.4. The number of phenolic OH excluding ortho intramolecular Hbond substituents is 3. The number of hydrogen-bond donors (Lipinski definition) is 9. The monoisotopic (exact) mass is 322 g/mol. The first-order chi connectivity index (χ1) is 10.1. The summed E-state index contributed by atoms with van der Waals surface area (Å²) in [5.41, 5.74) is -0.289. The second-order valence-electron chi connectivity index (χ2n) is 4.16. The van der Waals surface area contributed by atoms with Crippen LogP contribution in [0.15, 0.2) is 12.1 Å². The molecule has 1 rings (SSSR count). The van der Waals surface area contributed by atoms with Gasteiger partial charge in [-0.3, -0.25) is 0 Å².